The summed E-state index contributed by atoms with van der Waals surface area (Å²) < 4.78 is 12.8. The van der Waals surface area contributed by atoms with Crippen molar-refractivity contribution in [3.8, 4) is 0 Å². The van der Waals surface area contributed by atoms with Gasteiger partial charge < -0.3 is 4.90 Å². The molecule has 0 saturated carbocycles. The van der Waals surface area contributed by atoms with Crippen LogP contribution in [0.3, 0.4) is 0 Å². The fourth-order valence-corrected chi connectivity index (χ4v) is 3.61. The van der Waals surface area contributed by atoms with Gasteiger partial charge in [-0.05, 0) is 54.1 Å². The second-order valence-corrected chi connectivity index (χ2v) is 6.14. The molecular weight excluding hydrogens is 285 g/mol. The van der Waals surface area contributed by atoms with E-state index in [1.807, 2.05) is 4.90 Å². The van der Waals surface area contributed by atoms with Crippen molar-refractivity contribution in [2.24, 2.45) is 0 Å². The van der Waals surface area contributed by atoms with Crippen LogP contribution in [0.4, 0.5) is 4.39 Å². The minimum Gasteiger partial charge on any atom is -0.332 e. The zero-order chi connectivity index (χ0) is 14.8. The van der Waals surface area contributed by atoms with Gasteiger partial charge in [-0.2, -0.15) is 0 Å². The molecule has 0 saturated heterocycles. The van der Waals surface area contributed by atoms with E-state index in [1.165, 1.54) is 22.6 Å². The Labute approximate surface area is 127 Å². The van der Waals surface area contributed by atoms with Crippen LogP contribution in [0, 0.1) is 5.82 Å². The minimum atomic E-state index is -0.270. The molecule has 2 nitrogen and oxygen atoms in total. The van der Waals surface area contributed by atoms with Gasteiger partial charge in [0.15, 0.2) is 0 Å². The Morgan fingerprint density at radius 1 is 1.33 bits per heavy atom. The molecule has 108 valence electrons. The van der Waals surface area contributed by atoms with E-state index >= 15 is 0 Å². The van der Waals surface area contributed by atoms with Crippen LogP contribution < -0.4 is 0 Å². The molecule has 1 aromatic heterocycles. The lowest BCUT2D eigenvalue weighted by atomic mass is 10.0. The number of benzene rings is 1. The molecule has 1 amide bonds. The summed E-state index contributed by atoms with van der Waals surface area (Å²) in [6.07, 6.45) is 4.23. The molecule has 1 unspecified atom stereocenters. The average molecular weight is 301 g/mol. The highest BCUT2D eigenvalue weighted by molar-refractivity contribution is 7.10. The molecule has 0 spiro atoms. The molecule has 1 atom stereocenters. The summed E-state index contributed by atoms with van der Waals surface area (Å²) in [6.45, 7) is 2.82. The van der Waals surface area contributed by atoms with Crippen molar-refractivity contribution in [1.29, 1.82) is 0 Å². The predicted octanol–water partition coefficient (Wildman–Crippen LogP) is 4.05. The first-order chi connectivity index (χ1) is 10.1. The quantitative estimate of drug-likeness (QED) is 0.766. The number of rotatable bonds is 2. The van der Waals surface area contributed by atoms with Crippen LogP contribution >= 0.6 is 11.3 Å². The molecule has 4 heteroatoms. The monoisotopic (exact) mass is 301 g/mol. The molecule has 1 aliphatic rings. The summed E-state index contributed by atoms with van der Waals surface area (Å²) in [6, 6.07) is 8.33. The molecular formula is C17H16FNOS. The molecule has 0 fully saturated rings. The lowest BCUT2D eigenvalue weighted by Gasteiger charge is -2.32. The average Bonchev–Trinajstić information content (AvgIpc) is 2.96. The van der Waals surface area contributed by atoms with Gasteiger partial charge in [0.25, 0.3) is 0 Å². The molecule has 1 aliphatic heterocycles. The first-order valence-electron chi connectivity index (χ1n) is 6.95. The maximum absolute atomic E-state index is 12.8. The van der Waals surface area contributed by atoms with E-state index in [4.69, 9.17) is 0 Å². The summed E-state index contributed by atoms with van der Waals surface area (Å²) in [7, 11) is 0. The number of nitrogens with zero attached hydrogens (tertiary/aromatic N) is 1. The Kier molecular flexibility index (Phi) is 3.88. The third-order valence-corrected chi connectivity index (χ3v) is 4.85. The zero-order valence-electron chi connectivity index (χ0n) is 11.8. The van der Waals surface area contributed by atoms with Gasteiger partial charge in [0.05, 0.1) is 6.04 Å². The Morgan fingerprint density at radius 3 is 2.86 bits per heavy atom. The third kappa shape index (κ3) is 2.90. The maximum Gasteiger partial charge on any atom is 0.247 e. The molecule has 0 radical (unpaired) electrons. The van der Waals surface area contributed by atoms with Gasteiger partial charge in [0.1, 0.15) is 5.82 Å². The predicted molar refractivity (Wildman–Crippen MR) is 83.6 cm³/mol. The summed E-state index contributed by atoms with van der Waals surface area (Å²) >= 11 is 1.76. The number of thiophene rings is 1. The zero-order valence-corrected chi connectivity index (χ0v) is 12.6. The van der Waals surface area contributed by atoms with E-state index in [9.17, 15) is 9.18 Å². The Morgan fingerprint density at radius 2 is 2.10 bits per heavy atom. The number of carbonyl (C=O) groups is 1. The molecule has 21 heavy (non-hydrogen) atoms. The Balaban J connectivity index is 1.73. The molecule has 1 aromatic carbocycles. The van der Waals surface area contributed by atoms with Gasteiger partial charge in [0.2, 0.25) is 5.91 Å². The van der Waals surface area contributed by atoms with Crippen LogP contribution in [0.1, 0.15) is 29.0 Å². The first-order valence-corrected chi connectivity index (χ1v) is 7.83. The second kappa shape index (κ2) is 5.82. The standard InChI is InChI=1S/C17H16FNOS/c1-12-15-9-11-21-16(15)8-10-19(12)17(20)7-4-13-2-5-14(18)6-3-13/h2-7,9,11-12H,8,10H2,1H3/b7-4+. The summed E-state index contributed by atoms with van der Waals surface area (Å²) in [4.78, 5) is 15.6. The van der Waals surface area contributed by atoms with Gasteiger partial charge in [-0.25, -0.2) is 4.39 Å². The Bertz CT molecular complexity index is 674. The smallest absolute Gasteiger partial charge is 0.247 e. The summed E-state index contributed by atoms with van der Waals surface area (Å²) in [5.74, 6) is -0.267. The summed E-state index contributed by atoms with van der Waals surface area (Å²) in [5.41, 5.74) is 2.08. The van der Waals surface area contributed by atoms with Crippen LogP contribution in [0.2, 0.25) is 0 Å². The summed E-state index contributed by atoms with van der Waals surface area (Å²) in [5, 5.41) is 2.09. The number of carbonyl (C=O) groups excluding carboxylic acids is 1. The van der Waals surface area contributed by atoms with Crippen LogP contribution in [-0.2, 0) is 11.2 Å². The van der Waals surface area contributed by atoms with Crippen molar-refractivity contribution in [2.45, 2.75) is 19.4 Å². The van der Waals surface area contributed by atoms with E-state index in [0.29, 0.717) is 0 Å². The van der Waals surface area contributed by atoms with Crippen molar-refractivity contribution in [3.05, 3.63) is 63.6 Å². The normalized spacial score (nSPS) is 18.0. The number of fused-ring (bicyclic) bond motifs is 1. The van der Waals surface area contributed by atoms with Crippen molar-refractivity contribution >= 4 is 23.3 Å². The van der Waals surface area contributed by atoms with Crippen molar-refractivity contribution in [3.63, 3.8) is 0 Å². The molecule has 2 heterocycles. The van der Waals surface area contributed by atoms with E-state index in [2.05, 4.69) is 18.4 Å². The number of hydrogen-bond acceptors (Lipinski definition) is 2. The lowest BCUT2D eigenvalue weighted by molar-refractivity contribution is -0.128. The van der Waals surface area contributed by atoms with E-state index in [-0.39, 0.29) is 17.8 Å². The SMILES string of the molecule is CC1c2ccsc2CCN1C(=O)/C=C/c1ccc(F)cc1. The Hall–Kier alpha value is -1.94. The fraction of sp³-hybridized carbons (Fsp3) is 0.235. The van der Waals surface area contributed by atoms with E-state index in [0.717, 1.165) is 18.5 Å². The van der Waals surface area contributed by atoms with E-state index < -0.39 is 0 Å². The van der Waals surface area contributed by atoms with Gasteiger partial charge in [-0.1, -0.05) is 12.1 Å². The molecule has 3 rings (SSSR count). The topological polar surface area (TPSA) is 20.3 Å². The van der Waals surface area contributed by atoms with Crippen molar-refractivity contribution in [1.82, 2.24) is 4.90 Å². The van der Waals surface area contributed by atoms with Crippen LogP contribution in [0.5, 0.6) is 0 Å². The third-order valence-electron chi connectivity index (χ3n) is 3.85. The second-order valence-electron chi connectivity index (χ2n) is 5.14. The van der Waals surface area contributed by atoms with Gasteiger partial charge >= 0.3 is 0 Å². The highest BCUT2D eigenvalue weighted by Gasteiger charge is 2.26. The highest BCUT2D eigenvalue weighted by atomic mass is 32.1. The van der Waals surface area contributed by atoms with Gasteiger partial charge in [0, 0.05) is 17.5 Å². The molecule has 0 bridgehead atoms. The molecule has 2 aromatic rings. The molecule has 0 N–H and O–H groups in total. The van der Waals surface area contributed by atoms with E-state index in [1.54, 1.807) is 35.6 Å². The number of hydrogen-bond donors (Lipinski definition) is 0. The number of halogens is 1. The highest BCUT2D eigenvalue weighted by Crippen LogP contribution is 2.32. The largest absolute Gasteiger partial charge is 0.332 e. The van der Waals surface area contributed by atoms with Crippen LogP contribution in [0.15, 0.2) is 41.8 Å². The van der Waals surface area contributed by atoms with Crippen LogP contribution in [0.25, 0.3) is 6.08 Å². The van der Waals surface area contributed by atoms with Crippen LogP contribution in [-0.4, -0.2) is 17.4 Å². The van der Waals surface area contributed by atoms with Crippen molar-refractivity contribution < 1.29 is 9.18 Å². The van der Waals surface area contributed by atoms with Gasteiger partial charge in [-0.3, -0.25) is 4.79 Å². The fourth-order valence-electron chi connectivity index (χ4n) is 2.65. The van der Waals surface area contributed by atoms with Crippen molar-refractivity contribution in [2.75, 3.05) is 6.54 Å². The minimum absolute atomic E-state index is 0.00340. The number of amides is 1. The maximum atomic E-state index is 12.8. The lowest BCUT2D eigenvalue weighted by Crippen LogP contribution is -2.37. The van der Waals surface area contributed by atoms with Gasteiger partial charge in [-0.15, -0.1) is 11.3 Å². The molecule has 0 aliphatic carbocycles. The first kappa shape index (κ1) is 14.0.